The van der Waals surface area contributed by atoms with E-state index < -0.39 is 35.0 Å². The summed E-state index contributed by atoms with van der Waals surface area (Å²) in [5, 5.41) is 14.6. The summed E-state index contributed by atoms with van der Waals surface area (Å²) in [4.78, 5) is 37.6. The van der Waals surface area contributed by atoms with Crippen LogP contribution in [0.15, 0.2) is 24.3 Å². The highest BCUT2D eigenvalue weighted by molar-refractivity contribution is 7.80. The summed E-state index contributed by atoms with van der Waals surface area (Å²) in [5.74, 6) is -4.78. The Morgan fingerprint density at radius 3 is 2.52 bits per heavy atom. The van der Waals surface area contributed by atoms with E-state index in [2.05, 4.69) is 10.6 Å². The molecule has 1 amide bonds. The van der Waals surface area contributed by atoms with Crippen molar-refractivity contribution in [3.05, 3.63) is 34.9 Å². The number of nitrogens with zero attached hydrogens (tertiary/aromatic N) is 1. The van der Waals surface area contributed by atoms with Crippen LogP contribution in [0.4, 0.5) is 0 Å². The van der Waals surface area contributed by atoms with Crippen LogP contribution in [-0.4, -0.2) is 35.4 Å². The summed E-state index contributed by atoms with van der Waals surface area (Å²) < 4.78 is 4.78. The number of carbonyl (C=O) groups is 3. The molecule has 25 heavy (non-hydrogen) atoms. The smallest absolute Gasteiger partial charge is 0.334 e. The van der Waals surface area contributed by atoms with Gasteiger partial charge < -0.3 is 15.4 Å². The number of esters is 1. The van der Waals surface area contributed by atoms with Gasteiger partial charge in [0.25, 0.3) is 0 Å². The van der Waals surface area contributed by atoms with Crippen molar-refractivity contribution in [3.63, 3.8) is 0 Å². The molecule has 130 valence electrons. The molecule has 1 aromatic rings. The molecule has 0 spiro atoms. The van der Waals surface area contributed by atoms with Crippen molar-refractivity contribution in [3.8, 4) is 6.07 Å². The van der Waals surface area contributed by atoms with Gasteiger partial charge >= 0.3 is 5.97 Å². The van der Waals surface area contributed by atoms with Crippen LogP contribution in [-0.2, 0) is 14.3 Å². The first kappa shape index (κ1) is 18.8. The van der Waals surface area contributed by atoms with Gasteiger partial charge in [0.05, 0.1) is 19.1 Å². The monoisotopic (exact) mass is 379 g/mol. The van der Waals surface area contributed by atoms with Gasteiger partial charge in [-0.2, -0.15) is 5.26 Å². The Bertz CT molecular complexity index is 790. The van der Waals surface area contributed by atoms with Crippen LogP contribution in [0.25, 0.3) is 0 Å². The van der Waals surface area contributed by atoms with E-state index in [1.165, 1.54) is 31.2 Å². The highest BCUT2D eigenvalue weighted by Gasteiger charge is 2.59. The summed E-state index contributed by atoms with van der Waals surface area (Å²) in [6.07, 6.45) is 0. The molecule has 1 aliphatic heterocycles. The van der Waals surface area contributed by atoms with Crippen molar-refractivity contribution in [2.24, 2.45) is 11.8 Å². The van der Waals surface area contributed by atoms with Crippen LogP contribution in [0.5, 0.6) is 0 Å². The molecule has 1 aliphatic rings. The van der Waals surface area contributed by atoms with Crippen molar-refractivity contribution in [1.82, 2.24) is 10.6 Å². The second-order valence-corrected chi connectivity index (χ2v) is 6.30. The maximum atomic E-state index is 12.9. The topological polar surface area (TPSA) is 108 Å². The molecule has 7 nitrogen and oxygen atoms in total. The lowest BCUT2D eigenvalue weighted by Gasteiger charge is -2.42. The number of nitrogens with one attached hydrogen (secondary N) is 2. The first-order valence-electron chi connectivity index (χ1n) is 7.18. The number of amides is 1. The average Bonchev–Trinajstić information content (AvgIpc) is 2.59. The summed E-state index contributed by atoms with van der Waals surface area (Å²) in [5.41, 5.74) is -1.66. The minimum atomic E-state index is -1.93. The zero-order valence-corrected chi connectivity index (χ0v) is 14.9. The van der Waals surface area contributed by atoms with E-state index in [4.69, 9.17) is 28.6 Å². The van der Waals surface area contributed by atoms with Crippen LogP contribution in [0.2, 0.25) is 5.02 Å². The molecule has 0 aromatic heterocycles. The van der Waals surface area contributed by atoms with Gasteiger partial charge in [0.15, 0.2) is 22.4 Å². The van der Waals surface area contributed by atoms with E-state index in [1.807, 2.05) is 0 Å². The Labute approximate surface area is 154 Å². The van der Waals surface area contributed by atoms with Crippen molar-refractivity contribution < 1.29 is 19.1 Å². The van der Waals surface area contributed by atoms with E-state index in [1.54, 1.807) is 6.07 Å². The Hall–Kier alpha value is -2.50. The van der Waals surface area contributed by atoms with Crippen molar-refractivity contribution in [2.75, 3.05) is 7.11 Å². The molecule has 9 heteroatoms. The third kappa shape index (κ3) is 3.21. The quantitative estimate of drug-likeness (QED) is 0.460. The highest BCUT2D eigenvalue weighted by atomic mass is 35.5. The number of ether oxygens (including phenoxy) is 1. The van der Waals surface area contributed by atoms with E-state index in [0.29, 0.717) is 5.02 Å². The van der Waals surface area contributed by atoms with Crippen molar-refractivity contribution >= 4 is 46.6 Å². The fourth-order valence-electron chi connectivity index (χ4n) is 2.79. The Morgan fingerprint density at radius 2 is 2.00 bits per heavy atom. The molecule has 0 aliphatic carbocycles. The fourth-order valence-corrected chi connectivity index (χ4v) is 3.18. The lowest BCUT2D eigenvalue weighted by atomic mass is 9.70. The predicted octanol–water partition coefficient (Wildman–Crippen LogP) is 1.21. The average molecular weight is 380 g/mol. The number of rotatable bonds is 4. The van der Waals surface area contributed by atoms with Gasteiger partial charge in [-0.3, -0.25) is 9.59 Å². The Balaban J connectivity index is 2.55. The molecule has 0 radical (unpaired) electrons. The lowest BCUT2D eigenvalue weighted by molar-refractivity contribution is -0.154. The van der Waals surface area contributed by atoms with E-state index in [9.17, 15) is 19.6 Å². The number of hydrogen-bond acceptors (Lipinski definition) is 6. The molecule has 0 bridgehead atoms. The van der Waals surface area contributed by atoms with E-state index in [-0.39, 0.29) is 10.7 Å². The maximum Gasteiger partial charge on any atom is 0.334 e. The lowest BCUT2D eigenvalue weighted by Crippen LogP contribution is -2.73. The minimum absolute atomic E-state index is 0.155. The van der Waals surface area contributed by atoms with Gasteiger partial charge in [-0.1, -0.05) is 18.5 Å². The second-order valence-electron chi connectivity index (χ2n) is 5.46. The summed E-state index contributed by atoms with van der Waals surface area (Å²) >= 11 is 10.8. The third-order valence-electron chi connectivity index (χ3n) is 4.13. The third-order valence-corrected chi connectivity index (χ3v) is 4.59. The molecule has 0 unspecified atom stereocenters. The van der Waals surface area contributed by atoms with Crippen LogP contribution in [0, 0.1) is 23.2 Å². The first-order chi connectivity index (χ1) is 11.8. The second kappa shape index (κ2) is 7.17. The summed E-state index contributed by atoms with van der Waals surface area (Å²) in [6, 6.07) is 7.81. The standard InChI is InChI=1S/C16H14ClN3O4S/c1-8(12(21)9-3-5-10(17)6-4-9)16(14(23)24-2)11(7-18)13(22)19-15(25)20-16/h3-6,8,11H,1-2H3,(H2,19,20,22,25)/t8-,11+,16-/m0/s1. The first-order valence-corrected chi connectivity index (χ1v) is 7.97. The maximum absolute atomic E-state index is 12.9. The molecule has 1 aromatic carbocycles. The van der Waals surface area contributed by atoms with E-state index in [0.717, 1.165) is 7.11 Å². The Morgan fingerprint density at radius 1 is 1.40 bits per heavy atom. The molecule has 1 saturated heterocycles. The molecular weight excluding hydrogens is 366 g/mol. The van der Waals surface area contributed by atoms with E-state index >= 15 is 0 Å². The normalized spacial score (nSPS) is 23.7. The number of thiocarbonyl (C=S) groups is 1. The number of carbonyl (C=O) groups excluding carboxylic acids is 3. The highest BCUT2D eigenvalue weighted by Crippen LogP contribution is 2.33. The van der Waals surface area contributed by atoms with Gasteiger partial charge in [-0.15, -0.1) is 0 Å². The van der Waals surface area contributed by atoms with Crippen LogP contribution in [0.1, 0.15) is 17.3 Å². The number of benzene rings is 1. The van der Waals surface area contributed by atoms with Gasteiger partial charge in [-0.05, 0) is 36.5 Å². The minimum Gasteiger partial charge on any atom is -0.467 e. The van der Waals surface area contributed by atoms with Gasteiger partial charge in [0.2, 0.25) is 5.91 Å². The molecule has 0 saturated carbocycles. The SMILES string of the molecule is COC(=O)[C@@]1([C@@H](C)C(=O)c2ccc(Cl)cc2)NC(=S)NC(=O)[C@H]1C#N. The van der Waals surface area contributed by atoms with Crippen molar-refractivity contribution in [2.45, 2.75) is 12.5 Å². The number of ketones is 1. The molecule has 3 atom stereocenters. The number of nitriles is 1. The predicted molar refractivity (Wildman–Crippen MR) is 92.7 cm³/mol. The fraction of sp³-hybridized carbons (Fsp3) is 0.312. The van der Waals surface area contributed by atoms with Gasteiger partial charge in [0.1, 0.15) is 0 Å². The van der Waals surface area contributed by atoms with Crippen LogP contribution in [0.3, 0.4) is 0 Å². The van der Waals surface area contributed by atoms with Crippen LogP contribution >= 0.6 is 23.8 Å². The summed E-state index contributed by atoms with van der Waals surface area (Å²) in [6.45, 7) is 1.44. The molecular formula is C16H14ClN3O4S. The van der Waals surface area contributed by atoms with Crippen LogP contribution < -0.4 is 10.6 Å². The number of Topliss-reactive ketones (excluding diaryl/α,β-unsaturated/α-hetero) is 1. The summed E-state index contributed by atoms with van der Waals surface area (Å²) in [7, 11) is 1.11. The zero-order chi connectivity index (χ0) is 18.8. The Kier molecular flexibility index (Phi) is 5.40. The molecule has 1 heterocycles. The van der Waals surface area contributed by atoms with Gasteiger partial charge in [-0.25, -0.2) is 4.79 Å². The number of hydrogen-bond donors (Lipinski definition) is 2. The largest absolute Gasteiger partial charge is 0.467 e. The molecule has 2 rings (SSSR count). The number of halogens is 1. The molecule has 1 fully saturated rings. The van der Waals surface area contributed by atoms with Crippen molar-refractivity contribution in [1.29, 1.82) is 5.26 Å². The zero-order valence-electron chi connectivity index (χ0n) is 13.3. The number of methoxy groups -OCH3 is 1. The molecule has 2 N–H and O–H groups in total. The van der Waals surface area contributed by atoms with Gasteiger partial charge in [0, 0.05) is 10.6 Å².